The third-order valence-electron chi connectivity index (χ3n) is 5.07. The zero-order valence-corrected chi connectivity index (χ0v) is 18.0. The molecule has 0 N–H and O–H groups in total. The maximum atomic E-state index is 4.83. The Hall–Kier alpha value is -3.13. The van der Waals surface area contributed by atoms with Gasteiger partial charge in [0.1, 0.15) is 5.82 Å². The number of pyridine rings is 1. The molecule has 0 aliphatic carbocycles. The zero-order valence-electron chi connectivity index (χ0n) is 18.0. The molecule has 0 radical (unpaired) electrons. The Labute approximate surface area is 175 Å². The first-order chi connectivity index (χ1) is 13.8. The van der Waals surface area contributed by atoms with Gasteiger partial charge in [-0.25, -0.2) is 4.98 Å². The Balaban J connectivity index is 1.82. The number of rotatable bonds is 7. The second-order valence-corrected chi connectivity index (χ2v) is 7.91. The molecule has 0 atom stereocenters. The monoisotopic (exact) mass is 382 g/mol. The van der Waals surface area contributed by atoms with E-state index in [1.807, 2.05) is 20.8 Å². The van der Waals surface area contributed by atoms with Gasteiger partial charge in [0, 0.05) is 24.8 Å². The predicted octanol–water partition coefficient (Wildman–Crippen LogP) is 6.68. The lowest BCUT2D eigenvalue weighted by Crippen LogP contribution is -2.20. The van der Waals surface area contributed by atoms with Crippen molar-refractivity contribution in [3.63, 3.8) is 0 Å². The molecule has 29 heavy (non-hydrogen) atoms. The van der Waals surface area contributed by atoms with Crippen LogP contribution < -0.4 is 4.90 Å². The topological polar surface area (TPSA) is 16.1 Å². The third kappa shape index (κ3) is 5.03. The van der Waals surface area contributed by atoms with Crippen molar-refractivity contribution in [2.75, 3.05) is 11.9 Å². The summed E-state index contributed by atoms with van der Waals surface area (Å²) in [4.78, 5) is 7.03. The van der Waals surface area contributed by atoms with Gasteiger partial charge in [-0.3, -0.25) is 0 Å². The molecule has 3 aromatic rings. The number of aryl methyl sites for hydroxylation is 1. The molecular formula is C27H30N2. The Morgan fingerprint density at radius 3 is 2.03 bits per heavy atom. The molecule has 0 saturated heterocycles. The van der Waals surface area contributed by atoms with E-state index in [2.05, 4.69) is 85.8 Å². The Morgan fingerprint density at radius 2 is 1.45 bits per heavy atom. The minimum atomic E-state index is 0.790. The first-order valence-corrected chi connectivity index (χ1v) is 10.0. The van der Waals surface area contributed by atoms with Gasteiger partial charge in [-0.05, 0) is 61.1 Å². The van der Waals surface area contributed by atoms with Gasteiger partial charge in [-0.15, -0.1) is 0 Å². The molecule has 0 bridgehead atoms. The zero-order chi connectivity index (χ0) is 21.0. The summed E-state index contributed by atoms with van der Waals surface area (Å²) >= 11 is 0. The molecule has 3 rings (SSSR count). The normalized spacial score (nSPS) is 10.6. The van der Waals surface area contributed by atoms with Crippen LogP contribution in [0.4, 0.5) is 5.82 Å². The molecule has 0 unspecified atom stereocenters. The molecule has 0 amide bonds. The highest BCUT2D eigenvalue weighted by Crippen LogP contribution is 2.32. The smallest absolute Gasteiger partial charge is 0.137 e. The van der Waals surface area contributed by atoms with Crippen LogP contribution in [-0.2, 0) is 13.0 Å². The highest BCUT2D eigenvalue weighted by atomic mass is 15.2. The van der Waals surface area contributed by atoms with Crippen LogP contribution in [0.25, 0.3) is 11.1 Å². The molecule has 1 aromatic heterocycles. The molecule has 148 valence electrons. The Kier molecular flexibility index (Phi) is 6.33. The van der Waals surface area contributed by atoms with Crippen LogP contribution in [-0.4, -0.2) is 12.0 Å². The van der Waals surface area contributed by atoms with E-state index in [-0.39, 0.29) is 0 Å². The number of aromatic nitrogens is 1. The summed E-state index contributed by atoms with van der Waals surface area (Å²) in [6.07, 6.45) is 0.957. The fourth-order valence-corrected chi connectivity index (χ4v) is 3.63. The van der Waals surface area contributed by atoms with E-state index in [9.17, 15) is 0 Å². The number of allylic oxidation sites excluding steroid dienone is 2. The average molecular weight is 383 g/mol. The number of nitrogens with zero attached hydrogens (tertiary/aromatic N) is 2. The van der Waals surface area contributed by atoms with Gasteiger partial charge >= 0.3 is 0 Å². The van der Waals surface area contributed by atoms with Crippen molar-refractivity contribution in [1.29, 1.82) is 0 Å². The van der Waals surface area contributed by atoms with Crippen molar-refractivity contribution in [1.82, 2.24) is 4.98 Å². The quantitative estimate of drug-likeness (QED) is 0.453. The summed E-state index contributed by atoms with van der Waals surface area (Å²) in [6, 6.07) is 21.5. The molecule has 2 aromatic carbocycles. The van der Waals surface area contributed by atoms with Gasteiger partial charge in [0.05, 0.1) is 0 Å². The summed E-state index contributed by atoms with van der Waals surface area (Å²) in [5.74, 6) is 0.962. The van der Waals surface area contributed by atoms with Crippen molar-refractivity contribution < 1.29 is 0 Å². The minimum Gasteiger partial charge on any atom is -0.355 e. The van der Waals surface area contributed by atoms with Gasteiger partial charge in [0.2, 0.25) is 0 Å². The van der Waals surface area contributed by atoms with Crippen molar-refractivity contribution in [2.24, 2.45) is 0 Å². The third-order valence-corrected chi connectivity index (χ3v) is 5.07. The lowest BCUT2D eigenvalue weighted by atomic mass is 9.97. The molecule has 0 aliphatic rings. The average Bonchev–Trinajstić information content (AvgIpc) is 2.69. The predicted molar refractivity (Wildman–Crippen MR) is 126 cm³/mol. The van der Waals surface area contributed by atoms with Crippen molar-refractivity contribution in [3.05, 3.63) is 107 Å². The molecular weight excluding hydrogens is 352 g/mol. The highest BCUT2D eigenvalue weighted by Gasteiger charge is 2.16. The molecule has 1 heterocycles. The number of hydrogen-bond donors (Lipinski definition) is 0. The number of hydrogen-bond acceptors (Lipinski definition) is 2. The molecule has 0 fully saturated rings. The summed E-state index contributed by atoms with van der Waals surface area (Å²) in [7, 11) is 2.09. The van der Waals surface area contributed by atoms with E-state index in [4.69, 9.17) is 4.98 Å². The van der Waals surface area contributed by atoms with Gasteiger partial charge in [0.15, 0.2) is 0 Å². The highest BCUT2D eigenvalue weighted by molar-refractivity contribution is 5.83. The van der Waals surface area contributed by atoms with Gasteiger partial charge < -0.3 is 4.90 Å². The number of anilines is 1. The van der Waals surface area contributed by atoms with Crippen LogP contribution >= 0.6 is 0 Å². The lowest BCUT2D eigenvalue weighted by Gasteiger charge is -2.24. The molecule has 0 aliphatic heterocycles. The van der Waals surface area contributed by atoms with Crippen molar-refractivity contribution in [3.8, 4) is 0 Å². The van der Waals surface area contributed by atoms with Crippen LogP contribution in [0.2, 0.25) is 0 Å². The van der Waals surface area contributed by atoms with Crippen molar-refractivity contribution >= 4 is 17.0 Å². The van der Waals surface area contributed by atoms with E-state index in [1.54, 1.807) is 0 Å². The van der Waals surface area contributed by atoms with E-state index in [0.717, 1.165) is 46.8 Å². The lowest BCUT2D eigenvalue weighted by molar-refractivity contribution is 0.887. The van der Waals surface area contributed by atoms with Crippen LogP contribution in [0, 0.1) is 6.92 Å². The van der Waals surface area contributed by atoms with Crippen LogP contribution in [0.3, 0.4) is 0 Å². The number of benzene rings is 2. The SMILES string of the molecule is C=C(C)c1cc(C)nc(N(C)Cc2ccc(Cc3ccccc3)cc2)c1C(=C)C. The van der Waals surface area contributed by atoms with E-state index < -0.39 is 0 Å². The second-order valence-electron chi connectivity index (χ2n) is 7.91. The van der Waals surface area contributed by atoms with E-state index >= 15 is 0 Å². The van der Waals surface area contributed by atoms with Crippen LogP contribution in [0.15, 0.2) is 73.8 Å². The Morgan fingerprint density at radius 1 is 0.862 bits per heavy atom. The fraction of sp³-hybridized carbons (Fsp3) is 0.222. The molecule has 2 heteroatoms. The summed E-state index contributed by atoms with van der Waals surface area (Å²) in [5.41, 5.74) is 9.17. The van der Waals surface area contributed by atoms with Gasteiger partial charge in [0.25, 0.3) is 0 Å². The second kappa shape index (κ2) is 8.91. The summed E-state index contributed by atoms with van der Waals surface area (Å²) < 4.78 is 0. The largest absolute Gasteiger partial charge is 0.355 e. The van der Waals surface area contributed by atoms with Gasteiger partial charge in [-0.2, -0.15) is 0 Å². The molecule has 0 saturated carbocycles. The van der Waals surface area contributed by atoms with Crippen LogP contribution in [0.5, 0.6) is 0 Å². The maximum Gasteiger partial charge on any atom is 0.137 e. The van der Waals surface area contributed by atoms with Crippen LogP contribution in [0.1, 0.15) is 47.4 Å². The van der Waals surface area contributed by atoms with Crippen molar-refractivity contribution in [2.45, 2.75) is 33.7 Å². The van der Waals surface area contributed by atoms with E-state index in [1.165, 1.54) is 16.7 Å². The molecule has 2 nitrogen and oxygen atoms in total. The maximum absolute atomic E-state index is 4.83. The van der Waals surface area contributed by atoms with E-state index in [0.29, 0.717) is 0 Å². The first-order valence-electron chi connectivity index (χ1n) is 10.0. The van der Waals surface area contributed by atoms with Gasteiger partial charge in [-0.1, -0.05) is 73.3 Å². The summed E-state index contributed by atoms with van der Waals surface area (Å²) in [6.45, 7) is 15.2. The minimum absolute atomic E-state index is 0.790. The fourth-order valence-electron chi connectivity index (χ4n) is 3.63. The standard InChI is InChI=1S/C27H30N2/c1-19(2)25-16-21(5)28-27(26(25)20(3)4)29(6)18-24-14-12-23(13-15-24)17-22-10-8-7-9-11-22/h7-16H,1,3,17-18H2,2,4-6H3. The molecule has 0 spiro atoms. The Bertz CT molecular complexity index is 1010. The summed E-state index contributed by atoms with van der Waals surface area (Å²) in [5, 5.41) is 0. The first kappa shape index (κ1) is 20.6.